The van der Waals surface area contributed by atoms with E-state index in [1.165, 1.54) is 18.5 Å². The van der Waals surface area contributed by atoms with E-state index >= 15 is 0 Å². The summed E-state index contributed by atoms with van der Waals surface area (Å²) in [6.45, 7) is 7.40. The Morgan fingerprint density at radius 3 is 2.59 bits per heavy atom. The second-order valence-electron chi connectivity index (χ2n) is 7.41. The molecule has 0 spiro atoms. The number of carbonyl (C=O) groups excluding carboxylic acids is 1. The lowest BCUT2D eigenvalue weighted by molar-refractivity contribution is 0.0953. The fourth-order valence-corrected chi connectivity index (χ4v) is 3.30. The zero-order valence-corrected chi connectivity index (χ0v) is 16.4. The monoisotopic (exact) mass is 366 g/mol. The van der Waals surface area contributed by atoms with E-state index in [1.54, 1.807) is 12.4 Å². The third-order valence-electron chi connectivity index (χ3n) is 5.12. The number of amides is 1. The highest BCUT2D eigenvalue weighted by Crippen LogP contribution is 2.25. The van der Waals surface area contributed by atoms with Gasteiger partial charge in [-0.05, 0) is 55.5 Å². The Morgan fingerprint density at radius 1 is 1.15 bits per heavy atom. The second kappa shape index (κ2) is 9.40. The molecule has 27 heavy (non-hydrogen) atoms. The Kier molecular flexibility index (Phi) is 6.69. The number of nitrogens with one attached hydrogen (secondary N) is 2. The van der Waals surface area contributed by atoms with Gasteiger partial charge in [0.25, 0.3) is 5.91 Å². The summed E-state index contributed by atoms with van der Waals surface area (Å²) < 4.78 is 0. The molecule has 144 valence electrons. The highest BCUT2D eigenvalue weighted by atomic mass is 16.1. The van der Waals surface area contributed by atoms with Crippen molar-refractivity contribution >= 4 is 23.0 Å². The molecular weight excluding hydrogens is 336 g/mol. The zero-order chi connectivity index (χ0) is 19.1. The molecule has 1 aliphatic rings. The third kappa shape index (κ3) is 5.46. The normalized spacial score (nSPS) is 14.8. The number of hydrogen-bond donors (Lipinski definition) is 2. The van der Waals surface area contributed by atoms with Crippen LogP contribution >= 0.6 is 0 Å². The van der Waals surface area contributed by atoms with Crippen molar-refractivity contribution in [2.45, 2.75) is 39.5 Å². The van der Waals surface area contributed by atoms with Crippen molar-refractivity contribution in [3.05, 3.63) is 48.3 Å². The summed E-state index contributed by atoms with van der Waals surface area (Å²) in [5, 5.41) is 6.27. The third-order valence-corrected chi connectivity index (χ3v) is 5.12. The van der Waals surface area contributed by atoms with Gasteiger partial charge in [-0.1, -0.05) is 20.3 Å². The van der Waals surface area contributed by atoms with Gasteiger partial charge in [-0.25, -0.2) is 0 Å². The maximum atomic E-state index is 12.2. The van der Waals surface area contributed by atoms with Crippen LogP contribution < -0.4 is 15.5 Å². The maximum Gasteiger partial charge on any atom is 0.252 e. The number of aromatic nitrogens is 1. The molecule has 1 aliphatic heterocycles. The van der Waals surface area contributed by atoms with E-state index in [0.29, 0.717) is 12.1 Å². The summed E-state index contributed by atoms with van der Waals surface area (Å²) >= 11 is 0. The van der Waals surface area contributed by atoms with Crippen molar-refractivity contribution in [2.75, 3.05) is 29.9 Å². The van der Waals surface area contributed by atoms with Crippen molar-refractivity contribution in [2.24, 2.45) is 5.92 Å². The summed E-state index contributed by atoms with van der Waals surface area (Å²) in [6, 6.07) is 10.3. The number of piperidine rings is 1. The lowest BCUT2D eigenvalue weighted by atomic mass is 9.99. The zero-order valence-electron chi connectivity index (χ0n) is 16.4. The number of anilines is 3. The van der Waals surface area contributed by atoms with Crippen LogP contribution in [0.5, 0.6) is 0 Å². The largest absolute Gasteiger partial charge is 0.372 e. The fraction of sp³-hybridized carbons (Fsp3) is 0.455. The molecule has 0 atom stereocenters. The molecule has 1 aromatic carbocycles. The first kappa shape index (κ1) is 19.2. The molecule has 0 saturated carbocycles. The summed E-state index contributed by atoms with van der Waals surface area (Å²) in [5.41, 5.74) is 3.66. The van der Waals surface area contributed by atoms with Gasteiger partial charge in [0.05, 0.1) is 17.4 Å². The lowest BCUT2D eigenvalue weighted by Crippen LogP contribution is -2.32. The first-order valence-corrected chi connectivity index (χ1v) is 10.0. The summed E-state index contributed by atoms with van der Waals surface area (Å²) in [4.78, 5) is 18.8. The molecule has 5 nitrogen and oxygen atoms in total. The van der Waals surface area contributed by atoms with E-state index in [1.807, 2.05) is 6.07 Å². The SMILES string of the molecule is CCCCNC(=O)c1cncc(Nc2ccc(N3CCC(C)CC3)cc2)c1. The van der Waals surface area contributed by atoms with Gasteiger partial charge in [0.15, 0.2) is 0 Å². The molecule has 1 fully saturated rings. The minimum atomic E-state index is -0.0747. The molecule has 1 aromatic heterocycles. The predicted molar refractivity (Wildman–Crippen MR) is 112 cm³/mol. The Bertz CT molecular complexity index is 736. The van der Waals surface area contributed by atoms with Crippen molar-refractivity contribution in [3.63, 3.8) is 0 Å². The van der Waals surface area contributed by atoms with Crippen molar-refractivity contribution in [3.8, 4) is 0 Å². The van der Waals surface area contributed by atoms with Crippen LogP contribution in [0.1, 0.15) is 49.9 Å². The van der Waals surface area contributed by atoms with Gasteiger partial charge in [-0.3, -0.25) is 9.78 Å². The van der Waals surface area contributed by atoms with Gasteiger partial charge in [0, 0.05) is 37.2 Å². The van der Waals surface area contributed by atoms with E-state index in [-0.39, 0.29) is 5.91 Å². The highest BCUT2D eigenvalue weighted by Gasteiger charge is 2.15. The van der Waals surface area contributed by atoms with Crippen LogP contribution in [0.4, 0.5) is 17.1 Å². The van der Waals surface area contributed by atoms with Crippen LogP contribution in [0.2, 0.25) is 0 Å². The van der Waals surface area contributed by atoms with Gasteiger partial charge in [0.2, 0.25) is 0 Å². The van der Waals surface area contributed by atoms with Crippen LogP contribution in [-0.2, 0) is 0 Å². The molecular formula is C22H30N4O. The van der Waals surface area contributed by atoms with E-state index in [9.17, 15) is 4.79 Å². The summed E-state index contributed by atoms with van der Waals surface area (Å²) in [7, 11) is 0. The topological polar surface area (TPSA) is 57.3 Å². The van der Waals surface area contributed by atoms with Crippen LogP contribution in [0.15, 0.2) is 42.7 Å². The Hall–Kier alpha value is -2.56. The molecule has 2 heterocycles. The van der Waals surface area contributed by atoms with Gasteiger partial charge in [0.1, 0.15) is 0 Å². The highest BCUT2D eigenvalue weighted by molar-refractivity contribution is 5.94. The Labute approximate surface area is 162 Å². The molecule has 0 aliphatic carbocycles. The van der Waals surface area contributed by atoms with Gasteiger partial charge < -0.3 is 15.5 Å². The number of hydrogen-bond acceptors (Lipinski definition) is 4. The number of unbranched alkanes of at least 4 members (excludes halogenated alkanes) is 1. The number of benzene rings is 1. The number of rotatable bonds is 7. The maximum absolute atomic E-state index is 12.2. The number of nitrogens with zero attached hydrogens (tertiary/aromatic N) is 2. The Balaban J connectivity index is 1.60. The van der Waals surface area contributed by atoms with Crippen LogP contribution in [0.3, 0.4) is 0 Å². The van der Waals surface area contributed by atoms with Gasteiger partial charge in [-0.2, -0.15) is 0 Å². The molecule has 0 radical (unpaired) electrons. The molecule has 3 rings (SSSR count). The standard InChI is InChI=1S/C22H30N4O/c1-3-4-11-24-22(27)18-14-20(16-23-15-18)25-19-5-7-21(8-6-19)26-12-9-17(2)10-13-26/h5-8,14-17,25H,3-4,9-13H2,1-2H3,(H,24,27). The number of pyridine rings is 1. The smallest absolute Gasteiger partial charge is 0.252 e. The molecule has 5 heteroatoms. The second-order valence-corrected chi connectivity index (χ2v) is 7.41. The van der Waals surface area contributed by atoms with E-state index in [0.717, 1.165) is 43.2 Å². The van der Waals surface area contributed by atoms with Crippen LogP contribution in [-0.4, -0.2) is 30.5 Å². The minimum absolute atomic E-state index is 0.0747. The molecule has 1 saturated heterocycles. The molecule has 0 bridgehead atoms. The van der Waals surface area contributed by atoms with Crippen LogP contribution in [0, 0.1) is 5.92 Å². The van der Waals surface area contributed by atoms with Gasteiger partial charge in [-0.15, -0.1) is 0 Å². The predicted octanol–water partition coefficient (Wildman–Crippen LogP) is 4.59. The fourth-order valence-electron chi connectivity index (χ4n) is 3.30. The number of carbonyl (C=O) groups is 1. The quantitative estimate of drug-likeness (QED) is 0.704. The molecule has 2 N–H and O–H groups in total. The average Bonchev–Trinajstić information content (AvgIpc) is 2.70. The Morgan fingerprint density at radius 2 is 1.89 bits per heavy atom. The van der Waals surface area contributed by atoms with Crippen molar-refractivity contribution in [1.82, 2.24) is 10.3 Å². The molecule has 2 aromatic rings. The average molecular weight is 367 g/mol. The van der Waals surface area contributed by atoms with Crippen LogP contribution in [0.25, 0.3) is 0 Å². The molecule has 0 unspecified atom stereocenters. The van der Waals surface area contributed by atoms with E-state index in [4.69, 9.17) is 0 Å². The summed E-state index contributed by atoms with van der Waals surface area (Å²) in [5.74, 6) is 0.760. The first-order chi connectivity index (χ1) is 13.2. The van der Waals surface area contributed by atoms with Crippen molar-refractivity contribution < 1.29 is 4.79 Å². The van der Waals surface area contributed by atoms with Gasteiger partial charge >= 0.3 is 0 Å². The minimum Gasteiger partial charge on any atom is -0.372 e. The van der Waals surface area contributed by atoms with Crippen molar-refractivity contribution in [1.29, 1.82) is 0 Å². The summed E-state index contributed by atoms with van der Waals surface area (Å²) in [6.07, 6.45) is 7.92. The first-order valence-electron chi connectivity index (χ1n) is 10.0. The lowest BCUT2D eigenvalue weighted by Gasteiger charge is -2.32. The van der Waals surface area contributed by atoms with E-state index in [2.05, 4.69) is 58.6 Å². The molecule has 1 amide bonds. The van der Waals surface area contributed by atoms with E-state index < -0.39 is 0 Å².